The Morgan fingerprint density at radius 2 is 1.95 bits per heavy atom. The summed E-state index contributed by atoms with van der Waals surface area (Å²) in [7, 11) is 2.15. The highest BCUT2D eigenvalue weighted by Gasteiger charge is 2.26. The van der Waals surface area contributed by atoms with Crippen molar-refractivity contribution in [3.05, 3.63) is 18.3 Å². The van der Waals surface area contributed by atoms with Gasteiger partial charge >= 0.3 is 0 Å². The number of methoxy groups -OCH3 is 1. The lowest BCUT2D eigenvalue weighted by Gasteiger charge is -2.30. The van der Waals surface area contributed by atoms with Crippen molar-refractivity contribution < 1.29 is 13.2 Å². The molecule has 22 heavy (non-hydrogen) atoms. The molecule has 6 nitrogen and oxygen atoms in total. The van der Waals surface area contributed by atoms with Crippen LogP contribution in [0.4, 0.5) is 0 Å². The van der Waals surface area contributed by atoms with Gasteiger partial charge in [-0.2, -0.15) is 0 Å². The van der Waals surface area contributed by atoms with Gasteiger partial charge < -0.3 is 9.64 Å². The Morgan fingerprint density at radius 3 is 2.45 bits per heavy atom. The third kappa shape index (κ3) is 4.66. The van der Waals surface area contributed by atoms with E-state index in [1.165, 1.54) is 19.4 Å². The number of nitrogens with zero attached hydrogens (tertiary/aromatic N) is 2. The topological polar surface area (TPSA) is 71.5 Å². The molecule has 0 saturated heterocycles. The van der Waals surface area contributed by atoms with Crippen LogP contribution < -0.4 is 9.46 Å². The molecule has 1 aromatic rings. The molecular formula is C15H25N3O3S. The molecule has 0 atom stereocenters. The summed E-state index contributed by atoms with van der Waals surface area (Å²) >= 11 is 0. The van der Waals surface area contributed by atoms with Crippen LogP contribution in [0.3, 0.4) is 0 Å². The van der Waals surface area contributed by atoms with Gasteiger partial charge in [0.05, 0.1) is 13.3 Å². The first-order valence-corrected chi connectivity index (χ1v) is 9.06. The molecular weight excluding hydrogens is 302 g/mol. The normalized spacial score (nSPS) is 22.7. The lowest BCUT2D eigenvalue weighted by atomic mass is 9.86. The predicted molar refractivity (Wildman–Crippen MR) is 85.4 cm³/mol. The smallest absolute Gasteiger partial charge is 0.242 e. The molecule has 0 amide bonds. The van der Waals surface area contributed by atoms with Gasteiger partial charge in [0.15, 0.2) is 0 Å². The third-order valence-corrected chi connectivity index (χ3v) is 5.53. The van der Waals surface area contributed by atoms with E-state index in [1.54, 1.807) is 6.07 Å². The van der Waals surface area contributed by atoms with Crippen LogP contribution in [0.5, 0.6) is 5.88 Å². The molecule has 0 radical (unpaired) electrons. The molecule has 1 aromatic heterocycles. The van der Waals surface area contributed by atoms with Crippen molar-refractivity contribution in [3.63, 3.8) is 0 Å². The Balaban J connectivity index is 1.92. The molecule has 0 aromatic carbocycles. The van der Waals surface area contributed by atoms with E-state index < -0.39 is 10.0 Å². The summed E-state index contributed by atoms with van der Waals surface area (Å²) in [6.45, 7) is 1.07. The van der Waals surface area contributed by atoms with Crippen LogP contribution in [-0.2, 0) is 10.0 Å². The predicted octanol–water partition coefficient (Wildman–Crippen LogP) is 1.49. The number of hydrogen-bond acceptors (Lipinski definition) is 5. The first-order valence-electron chi connectivity index (χ1n) is 7.58. The van der Waals surface area contributed by atoms with Crippen molar-refractivity contribution in [3.8, 4) is 5.88 Å². The minimum absolute atomic E-state index is 0.0190. The first kappa shape index (κ1) is 17.2. The second-order valence-electron chi connectivity index (χ2n) is 6.14. The molecule has 0 unspecified atom stereocenters. The summed E-state index contributed by atoms with van der Waals surface area (Å²) < 4.78 is 32.5. The monoisotopic (exact) mass is 327 g/mol. The molecule has 1 aliphatic rings. The lowest BCUT2D eigenvalue weighted by Crippen LogP contribution is -2.39. The summed E-state index contributed by atoms with van der Waals surface area (Å²) in [4.78, 5) is 6.33. The van der Waals surface area contributed by atoms with Crippen LogP contribution >= 0.6 is 0 Å². The highest BCUT2D eigenvalue weighted by molar-refractivity contribution is 7.89. The van der Waals surface area contributed by atoms with E-state index in [2.05, 4.69) is 28.7 Å². The van der Waals surface area contributed by atoms with E-state index in [0.717, 1.165) is 32.2 Å². The summed E-state index contributed by atoms with van der Waals surface area (Å²) in [6.07, 6.45) is 5.24. The van der Waals surface area contributed by atoms with Gasteiger partial charge in [-0.1, -0.05) is 0 Å². The van der Waals surface area contributed by atoms with E-state index in [1.807, 2.05) is 0 Å². The van der Waals surface area contributed by atoms with Crippen LogP contribution in [0.1, 0.15) is 25.7 Å². The van der Waals surface area contributed by atoms with Crippen molar-refractivity contribution >= 4 is 10.0 Å². The zero-order chi connectivity index (χ0) is 16.2. The molecule has 0 bridgehead atoms. The first-order chi connectivity index (χ1) is 10.4. The average molecular weight is 327 g/mol. The second-order valence-corrected chi connectivity index (χ2v) is 7.85. The van der Waals surface area contributed by atoms with Crippen molar-refractivity contribution in [2.75, 3.05) is 27.7 Å². The van der Waals surface area contributed by atoms with E-state index in [4.69, 9.17) is 4.74 Å². The summed E-state index contributed by atoms with van der Waals surface area (Å²) in [5.74, 6) is 1.07. The maximum Gasteiger partial charge on any atom is 0.242 e. The summed E-state index contributed by atoms with van der Waals surface area (Å²) in [5.41, 5.74) is 0. The minimum Gasteiger partial charge on any atom is -0.481 e. The van der Waals surface area contributed by atoms with Crippen LogP contribution in [0, 0.1) is 5.92 Å². The highest BCUT2D eigenvalue weighted by atomic mass is 32.2. The van der Waals surface area contributed by atoms with Crippen LogP contribution in [0.25, 0.3) is 0 Å². The van der Waals surface area contributed by atoms with Gasteiger partial charge in [0.2, 0.25) is 15.9 Å². The van der Waals surface area contributed by atoms with Crippen molar-refractivity contribution in [1.29, 1.82) is 0 Å². The molecule has 124 valence electrons. The quantitative estimate of drug-likeness (QED) is 0.857. The number of ether oxygens (including phenoxy) is 1. The number of nitrogens with one attached hydrogen (secondary N) is 1. The van der Waals surface area contributed by atoms with Crippen molar-refractivity contribution in [2.45, 2.75) is 36.6 Å². The maximum atomic E-state index is 12.4. The van der Waals surface area contributed by atoms with Crippen molar-refractivity contribution in [2.24, 2.45) is 5.92 Å². The largest absolute Gasteiger partial charge is 0.481 e. The highest BCUT2D eigenvalue weighted by Crippen LogP contribution is 2.26. The fraction of sp³-hybridized carbons (Fsp3) is 0.667. The number of pyridine rings is 1. The van der Waals surface area contributed by atoms with Gasteiger partial charge in [-0.25, -0.2) is 18.1 Å². The Labute approximate surface area is 132 Å². The number of rotatable bonds is 6. The van der Waals surface area contributed by atoms with Crippen LogP contribution in [0.2, 0.25) is 0 Å². The van der Waals surface area contributed by atoms with Gasteiger partial charge in [-0.15, -0.1) is 0 Å². The third-order valence-electron chi connectivity index (χ3n) is 4.02. The van der Waals surface area contributed by atoms with E-state index >= 15 is 0 Å². The lowest BCUT2D eigenvalue weighted by molar-refractivity contribution is 0.244. The minimum atomic E-state index is -3.50. The Bertz CT molecular complexity index is 564. The zero-order valence-corrected chi connectivity index (χ0v) is 14.3. The molecule has 1 fully saturated rings. The van der Waals surface area contributed by atoms with E-state index in [-0.39, 0.29) is 10.9 Å². The molecule has 1 N–H and O–H groups in total. The Morgan fingerprint density at radius 1 is 1.27 bits per heavy atom. The van der Waals surface area contributed by atoms with Gasteiger partial charge in [0, 0.05) is 18.7 Å². The zero-order valence-electron chi connectivity index (χ0n) is 13.4. The Hall–Kier alpha value is -1.18. The van der Waals surface area contributed by atoms with Crippen LogP contribution in [-0.4, -0.2) is 52.1 Å². The number of aromatic nitrogens is 1. The van der Waals surface area contributed by atoms with Crippen molar-refractivity contribution in [1.82, 2.24) is 14.6 Å². The number of sulfonamides is 1. The van der Waals surface area contributed by atoms with Gasteiger partial charge in [0.1, 0.15) is 4.90 Å². The maximum absolute atomic E-state index is 12.4. The molecule has 7 heteroatoms. The van der Waals surface area contributed by atoms with E-state index in [9.17, 15) is 8.42 Å². The standard InChI is InChI=1S/C15H25N3O3S/c1-18(2)11-12-4-6-13(7-5-12)17-22(19,20)14-8-9-15(21-3)16-10-14/h8-10,12-13,17H,4-7,11H2,1-3H3. The molecule has 0 spiro atoms. The van der Waals surface area contributed by atoms with E-state index in [0.29, 0.717) is 11.8 Å². The fourth-order valence-electron chi connectivity index (χ4n) is 2.91. The summed E-state index contributed by atoms with van der Waals surface area (Å²) in [5, 5.41) is 0. The second kappa shape index (κ2) is 7.39. The SMILES string of the molecule is COc1ccc(S(=O)(=O)NC2CCC(CN(C)C)CC2)cn1. The molecule has 0 aliphatic heterocycles. The number of hydrogen-bond donors (Lipinski definition) is 1. The fourth-order valence-corrected chi connectivity index (χ4v) is 4.16. The molecule has 1 heterocycles. The summed E-state index contributed by atoms with van der Waals surface area (Å²) in [6, 6.07) is 3.10. The average Bonchev–Trinajstić information content (AvgIpc) is 2.48. The van der Waals surface area contributed by atoms with Gasteiger partial charge in [-0.3, -0.25) is 0 Å². The Kier molecular flexibility index (Phi) is 5.77. The van der Waals surface area contributed by atoms with Crippen LogP contribution in [0.15, 0.2) is 23.2 Å². The molecule has 1 aliphatic carbocycles. The molecule has 1 saturated carbocycles. The van der Waals surface area contributed by atoms with Gasteiger partial charge in [0.25, 0.3) is 0 Å². The van der Waals surface area contributed by atoms with Gasteiger partial charge in [-0.05, 0) is 51.8 Å². The molecule has 2 rings (SSSR count).